The van der Waals surface area contributed by atoms with Crippen LogP contribution in [0.25, 0.3) is 10.8 Å². The van der Waals surface area contributed by atoms with Gasteiger partial charge in [-0.25, -0.2) is 0 Å². The third-order valence-corrected chi connectivity index (χ3v) is 3.55. The predicted octanol–water partition coefficient (Wildman–Crippen LogP) is 1.18. The molecule has 5 N–H and O–H groups in total. The highest BCUT2D eigenvalue weighted by Crippen LogP contribution is 2.36. The molecule has 0 saturated heterocycles. The van der Waals surface area contributed by atoms with Gasteiger partial charge in [-0.3, -0.25) is 9.35 Å². The Kier molecular flexibility index (Phi) is 3.28. The lowest BCUT2D eigenvalue weighted by Crippen LogP contribution is -2.07. The Morgan fingerprint density at radius 1 is 1.20 bits per heavy atom. The Hall–Kier alpha value is -2.32. The van der Waals surface area contributed by atoms with Crippen molar-refractivity contribution in [3.05, 3.63) is 24.3 Å². The molecule has 2 aromatic carbocycles. The van der Waals surface area contributed by atoms with Crippen LogP contribution in [0.5, 0.6) is 5.75 Å². The van der Waals surface area contributed by atoms with E-state index in [2.05, 4.69) is 0 Å². The van der Waals surface area contributed by atoms with Gasteiger partial charge in [0.1, 0.15) is 4.90 Å². The second-order valence-corrected chi connectivity index (χ2v) is 5.55. The first-order valence-corrected chi connectivity index (χ1v) is 6.92. The van der Waals surface area contributed by atoms with Crippen LogP contribution >= 0.6 is 0 Å². The van der Waals surface area contributed by atoms with Gasteiger partial charge >= 0.3 is 5.97 Å². The van der Waals surface area contributed by atoms with E-state index >= 15 is 0 Å². The maximum atomic E-state index is 11.4. The highest BCUT2D eigenvalue weighted by molar-refractivity contribution is 7.86. The Labute approximate surface area is 114 Å². The number of nitrogens with two attached hydrogens (primary N) is 2. The average Bonchev–Trinajstić information content (AvgIpc) is 2.30. The van der Waals surface area contributed by atoms with E-state index in [0.717, 1.165) is 13.0 Å². The van der Waals surface area contributed by atoms with E-state index in [0.29, 0.717) is 11.1 Å². The number of benzene rings is 2. The van der Waals surface area contributed by atoms with Crippen molar-refractivity contribution in [1.29, 1.82) is 0 Å². The fourth-order valence-electron chi connectivity index (χ4n) is 1.86. The molecule has 0 amide bonds. The van der Waals surface area contributed by atoms with Gasteiger partial charge in [-0.05, 0) is 12.1 Å². The monoisotopic (exact) mass is 296 g/mol. The van der Waals surface area contributed by atoms with Gasteiger partial charge in [-0.15, -0.1) is 0 Å². The molecule has 0 saturated carbocycles. The smallest absolute Gasteiger partial charge is 0.308 e. The fourth-order valence-corrected chi connectivity index (χ4v) is 2.56. The number of carbonyl (C=O) groups is 1. The van der Waals surface area contributed by atoms with Crippen molar-refractivity contribution in [2.24, 2.45) is 0 Å². The quantitative estimate of drug-likeness (QED) is 0.328. The van der Waals surface area contributed by atoms with E-state index in [1.807, 2.05) is 0 Å². The van der Waals surface area contributed by atoms with Gasteiger partial charge < -0.3 is 16.2 Å². The summed E-state index contributed by atoms with van der Waals surface area (Å²) in [6, 6.07) is 5.37. The molecule has 0 bridgehead atoms. The molecule has 106 valence electrons. The summed E-state index contributed by atoms with van der Waals surface area (Å²) in [5, 5.41) is 0.464. The third-order valence-electron chi connectivity index (χ3n) is 2.66. The molecule has 7 nitrogen and oxygen atoms in total. The lowest BCUT2D eigenvalue weighted by Gasteiger charge is -2.12. The van der Waals surface area contributed by atoms with Crippen LogP contribution in [0.3, 0.4) is 0 Å². The predicted molar refractivity (Wildman–Crippen MR) is 73.9 cm³/mol. The molecule has 0 radical (unpaired) electrons. The maximum absolute atomic E-state index is 11.4. The van der Waals surface area contributed by atoms with Crippen LogP contribution in [0.1, 0.15) is 6.92 Å². The summed E-state index contributed by atoms with van der Waals surface area (Å²) in [4.78, 5) is 10.6. The van der Waals surface area contributed by atoms with E-state index in [1.54, 1.807) is 0 Å². The molecular weight excluding hydrogens is 284 g/mol. The molecule has 2 rings (SSSR count). The van der Waals surface area contributed by atoms with Crippen LogP contribution < -0.4 is 16.2 Å². The molecule has 0 aromatic heterocycles. The number of ether oxygens (including phenoxy) is 1. The van der Waals surface area contributed by atoms with E-state index in [-0.39, 0.29) is 16.8 Å². The SMILES string of the molecule is CC(=O)Oc1cc(S(=O)(=O)O)c2cc(N)ccc2c1N. The number of anilines is 2. The summed E-state index contributed by atoms with van der Waals surface area (Å²) in [5.41, 5.74) is 11.8. The van der Waals surface area contributed by atoms with E-state index < -0.39 is 21.0 Å². The summed E-state index contributed by atoms with van der Waals surface area (Å²) in [5.74, 6) is -0.796. The minimum absolute atomic E-state index is 0.0857. The van der Waals surface area contributed by atoms with Crippen LogP contribution in [-0.4, -0.2) is 18.9 Å². The first-order chi connectivity index (χ1) is 9.20. The Morgan fingerprint density at radius 3 is 2.40 bits per heavy atom. The number of nitrogen functional groups attached to an aromatic ring is 2. The van der Waals surface area contributed by atoms with E-state index in [4.69, 9.17) is 16.2 Å². The third kappa shape index (κ3) is 2.51. The lowest BCUT2D eigenvalue weighted by atomic mass is 10.1. The highest BCUT2D eigenvalue weighted by Gasteiger charge is 2.20. The molecule has 2 aromatic rings. The van der Waals surface area contributed by atoms with Crippen molar-refractivity contribution in [3.8, 4) is 5.75 Å². The minimum Gasteiger partial charge on any atom is -0.424 e. The zero-order valence-electron chi connectivity index (χ0n) is 10.5. The Bertz CT molecular complexity index is 814. The summed E-state index contributed by atoms with van der Waals surface area (Å²) in [7, 11) is -4.52. The normalized spacial score (nSPS) is 11.5. The van der Waals surface area contributed by atoms with Gasteiger partial charge in [0, 0.05) is 29.4 Å². The maximum Gasteiger partial charge on any atom is 0.308 e. The van der Waals surface area contributed by atoms with Crippen LogP contribution in [0.2, 0.25) is 0 Å². The Morgan fingerprint density at radius 2 is 1.85 bits per heavy atom. The summed E-state index contributed by atoms with van der Waals surface area (Å²) < 4.78 is 37.0. The Balaban J connectivity index is 2.91. The van der Waals surface area contributed by atoms with Gasteiger partial charge in [-0.1, -0.05) is 6.07 Å². The van der Waals surface area contributed by atoms with Crippen molar-refractivity contribution in [3.63, 3.8) is 0 Å². The number of hydrogen-bond donors (Lipinski definition) is 3. The molecular formula is C12H12N2O5S. The van der Waals surface area contributed by atoms with Crippen molar-refractivity contribution >= 4 is 38.2 Å². The molecule has 0 fully saturated rings. The number of fused-ring (bicyclic) bond motifs is 1. The molecule has 20 heavy (non-hydrogen) atoms. The topological polar surface area (TPSA) is 133 Å². The number of carbonyl (C=O) groups excluding carboxylic acids is 1. The standard InChI is InChI=1S/C12H12N2O5S/c1-6(15)19-10-5-11(20(16,17)18)9-4-7(13)2-3-8(9)12(10)14/h2-5H,13-14H2,1H3,(H,16,17,18). The van der Waals surface area contributed by atoms with Crippen LogP contribution in [0.4, 0.5) is 11.4 Å². The van der Waals surface area contributed by atoms with Gasteiger partial charge in [0.25, 0.3) is 10.1 Å². The van der Waals surface area contributed by atoms with Crippen molar-refractivity contribution in [2.75, 3.05) is 11.5 Å². The fraction of sp³-hybridized carbons (Fsp3) is 0.0833. The molecule has 0 unspecified atom stereocenters. The first-order valence-electron chi connectivity index (χ1n) is 5.48. The molecule has 0 atom stereocenters. The number of hydrogen-bond acceptors (Lipinski definition) is 6. The molecule has 0 aliphatic heterocycles. The second kappa shape index (κ2) is 4.66. The molecule has 0 spiro atoms. The molecule has 8 heteroatoms. The van der Waals surface area contributed by atoms with E-state index in [9.17, 15) is 17.8 Å². The molecule has 0 aliphatic carbocycles. The first kappa shape index (κ1) is 14.1. The summed E-state index contributed by atoms with van der Waals surface area (Å²) in [6.45, 7) is 1.15. The minimum atomic E-state index is -4.52. The van der Waals surface area contributed by atoms with Gasteiger partial charge in [0.15, 0.2) is 5.75 Å². The van der Waals surface area contributed by atoms with Crippen LogP contribution in [-0.2, 0) is 14.9 Å². The van der Waals surface area contributed by atoms with Gasteiger partial charge in [0.2, 0.25) is 0 Å². The summed E-state index contributed by atoms with van der Waals surface area (Å²) in [6.07, 6.45) is 0. The van der Waals surface area contributed by atoms with Crippen LogP contribution in [0.15, 0.2) is 29.2 Å². The average molecular weight is 296 g/mol. The largest absolute Gasteiger partial charge is 0.424 e. The van der Waals surface area contributed by atoms with Crippen LogP contribution in [0, 0.1) is 0 Å². The number of esters is 1. The zero-order valence-corrected chi connectivity index (χ0v) is 11.3. The van der Waals surface area contributed by atoms with E-state index in [1.165, 1.54) is 18.2 Å². The lowest BCUT2D eigenvalue weighted by molar-refractivity contribution is -0.131. The van der Waals surface area contributed by atoms with Crippen molar-refractivity contribution in [2.45, 2.75) is 11.8 Å². The van der Waals surface area contributed by atoms with Crippen molar-refractivity contribution < 1.29 is 22.5 Å². The van der Waals surface area contributed by atoms with Gasteiger partial charge in [0.05, 0.1) is 5.69 Å². The number of rotatable bonds is 2. The zero-order chi connectivity index (χ0) is 15.1. The molecule has 0 heterocycles. The van der Waals surface area contributed by atoms with Crippen molar-refractivity contribution in [1.82, 2.24) is 0 Å². The van der Waals surface area contributed by atoms with Gasteiger partial charge in [-0.2, -0.15) is 8.42 Å². The summed E-state index contributed by atoms with van der Waals surface area (Å²) >= 11 is 0. The highest BCUT2D eigenvalue weighted by atomic mass is 32.2. The second-order valence-electron chi connectivity index (χ2n) is 4.16. The molecule has 0 aliphatic rings.